The summed E-state index contributed by atoms with van der Waals surface area (Å²) < 4.78 is 5.43. The van der Waals surface area contributed by atoms with Gasteiger partial charge in [-0.25, -0.2) is 0 Å². The Balaban J connectivity index is 1.63. The monoisotopic (exact) mass is 346 g/mol. The molecule has 5 nitrogen and oxygen atoms in total. The number of piperidine rings is 1. The van der Waals surface area contributed by atoms with Gasteiger partial charge in [0.2, 0.25) is 11.8 Å². The van der Waals surface area contributed by atoms with E-state index in [0.717, 1.165) is 31.4 Å². The Morgan fingerprint density at radius 3 is 2.44 bits per heavy atom. The van der Waals surface area contributed by atoms with Crippen molar-refractivity contribution in [2.24, 2.45) is 5.92 Å². The lowest BCUT2D eigenvalue weighted by molar-refractivity contribution is -0.135. The molecule has 1 aromatic rings. The highest BCUT2D eigenvalue weighted by Crippen LogP contribution is 2.18. The van der Waals surface area contributed by atoms with Crippen molar-refractivity contribution >= 4 is 11.8 Å². The molecule has 0 aliphatic carbocycles. The van der Waals surface area contributed by atoms with Crippen molar-refractivity contribution in [3.8, 4) is 5.75 Å². The quantitative estimate of drug-likeness (QED) is 0.737. The minimum Gasteiger partial charge on any atom is -0.494 e. The molecule has 5 heteroatoms. The molecular formula is C20H30N2O3. The number of rotatable bonds is 8. The molecule has 0 aromatic heterocycles. The second-order valence-electron chi connectivity index (χ2n) is 6.48. The molecule has 138 valence electrons. The average molecular weight is 346 g/mol. The molecule has 0 radical (unpaired) electrons. The number of ether oxygens (including phenoxy) is 1. The van der Waals surface area contributed by atoms with Crippen molar-refractivity contribution in [2.45, 2.75) is 46.0 Å². The van der Waals surface area contributed by atoms with Crippen LogP contribution in [0.3, 0.4) is 0 Å². The van der Waals surface area contributed by atoms with Gasteiger partial charge in [-0.3, -0.25) is 9.59 Å². The van der Waals surface area contributed by atoms with Crippen LogP contribution < -0.4 is 10.1 Å². The summed E-state index contributed by atoms with van der Waals surface area (Å²) >= 11 is 0. The molecule has 2 rings (SSSR count). The topological polar surface area (TPSA) is 58.6 Å². The minimum absolute atomic E-state index is 0.0476. The lowest BCUT2D eigenvalue weighted by Gasteiger charge is -2.31. The van der Waals surface area contributed by atoms with E-state index in [-0.39, 0.29) is 17.7 Å². The summed E-state index contributed by atoms with van der Waals surface area (Å²) in [7, 11) is 0. The number of nitrogens with one attached hydrogen (secondary N) is 1. The van der Waals surface area contributed by atoms with Crippen molar-refractivity contribution in [1.29, 1.82) is 0 Å². The molecule has 0 saturated carbocycles. The van der Waals surface area contributed by atoms with Gasteiger partial charge in [0, 0.05) is 32.0 Å². The number of nitrogens with zero attached hydrogens (tertiary/aromatic N) is 1. The van der Waals surface area contributed by atoms with Gasteiger partial charge >= 0.3 is 0 Å². The second-order valence-corrected chi connectivity index (χ2v) is 6.48. The maximum absolute atomic E-state index is 12.2. The van der Waals surface area contributed by atoms with Crippen LogP contribution in [0.5, 0.6) is 5.75 Å². The Morgan fingerprint density at radius 2 is 1.84 bits per heavy atom. The summed E-state index contributed by atoms with van der Waals surface area (Å²) in [5, 5.41) is 3.05. The summed E-state index contributed by atoms with van der Waals surface area (Å²) in [6, 6.07) is 8.13. The van der Waals surface area contributed by atoms with E-state index in [0.29, 0.717) is 32.7 Å². The Morgan fingerprint density at radius 1 is 1.16 bits per heavy atom. The van der Waals surface area contributed by atoms with Gasteiger partial charge in [0.1, 0.15) is 5.75 Å². The molecule has 0 unspecified atom stereocenters. The number of hydrogen-bond donors (Lipinski definition) is 1. The molecule has 2 amide bonds. The molecule has 0 spiro atoms. The van der Waals surface area contributed by atoms with Crippen LogP contribution in [-0.4, -0.2) is 43.0 Å². The number of aryl methyl sites for hydroxylation is 1. The van der Waals surface area contributed by atoms with E-state index in [9.17, 15) is 9.59 Å². The molecule has 25 heavy (non-hydrogen) atoms. The summed E-state index contributed by atoms with van der Waals surface area (Å²) in [6.45, 7) is 6.64. The highest BCUT2D eigenvalue weighted by molar-refractivity contribution is 5.80. The molecule has 1 N–H and O–H groups in total. The van der Waals surface area contributed by atoms with Gasteiger partial charge in [-0.2, -0.15) is 0 Å². The number of benzene rings is 1. The third-order valence-corrected chi connectivity index (χ3v) is 4.70. The summed E-state index contributed by atoms with van der Waals surface area (Å²) in [5.74, 6) is 1.27. The van der Waals surface area contributed by atoms with Crippen LogP contribution in [0.2, 0.25) is 0 Å². The van der Waals surface area contributed by atoms with Crippen LogP contribution in [0.4, 0.5) is 0 Å². The van der Waals surface area contributed by atoms with Crippen molar-refractivity contribution in [1.82, 2.24) is 10.2 Å². The molecule has 0 atom stereocenters. The predicted octanol–water partition coefficient (Wildman–Crippen LogP) is 2.78. The molecule has 1 aliphatic rings. The number of carbonyl (C=O) groups excluding carboxylic acids is 2. The van der Waals surface area contributed by atoms with Gasteiger partial charge in [-0.05, 0) is 50.3 Å². The number of hydrogen-bond acceptors (Lipinski definition) is 3. The van der Waals surface area contributed by atoms with Crippen LogP contribution in [0.15, 0.2) is 24.3 Å². The standard InChI is InChI=1S/C20H30N2O3/c1-3-19(23)22-14-11-17(12-15-22)20(24)21-13-5-6-16-7-9-18(10-8-16)25-4-2/h7-10,17H,3-6,11-15H2,1-2H3,(H,21,24). The maximum atomic E-state index is 12.2. The van der Waals surface area contributed by atoms with Crippen LogP contribution >= 0.6 is 0 Å². The van der Waals surface area contributed by atoms with Gasteiger partial charge in [-0.15, -0.1) is 0 Å². The van der Waals surface area contributed by atoms with E-state index in [1.54, 1.807) is 0 Å². The zero-order chi connectivity index (χ0) is 18.1. The fourth-order valence-electron chi connectivity index (χ4n) is 3.18. The van der Waals surface area contributed by atoms with Crippen LogP contribution in [0.25, 0.3) is 0 Å². The lowest BCUT2D eigenvalue weighted by atomic mass is 9.95. The molecule has 0 bridgehead atoms. The Hall–Kier alpha value is -2.04. The van der Waals surface area contributed by atoms with Crippen molar-refractivity contribution < 1.29 is 14.3 Å². The van der Waals surface area contributed by atoms with E-state index in [1.807, 2.05) is 30.9 Å². The Kier molecular flexibility index (Phi) is 7.76. The van der Waals surface area contributed by atoms with Gasteiger partial charge in [0.25, 0.3) is 0 Å². The molecular weight excluding hydrogens is 316 g/mol. The first-order valence-corrected chi connectivity index (χ1v) is 9.41. The van der Waals surface area contributed by atoms with E-state index in [4.69, 9.17) is 4.74 Å². The van der Waals surface area contributed by atoms with Crippen LogP contribution in [0, 0.1) is 5.92 Å². The zero-order valence-corrected chi connectivity index (χ0v) is 15.4. The summed E-state index contributed by atoms with van der Waals surface area (Å²) in [5.41, 5.74) is 1.25. The fourth-order valence-corrected chi connectivity index (χ4v) is 3.18. The lowest BCUT2D eigenvalue weighted by Crippen LogP contribution is -2.43. The first-order chi connectivity index (χ1) is 12.1. The van der Waals surface area contributed by atoms with Gasteiger partial charge in [-0.1, -0.05) is 19.1 Å². The van der Waals surface area contributed by atoms with Gasteiger partial charge in [0.05, 0.1) is 6.61 Å². The second kappa shape index (κ2) is 10.1. The van der Waals surface area contributed by atoms with Gasteiger partial charge in [0.15, 0.2) is 0 Å². The van der Waals surface area contributed by atoms with E-state index in [1.165, 1.54) is 5.56 Å². The average Bonchev–Trinajstić information content (AvgIpc) is 2.66. The van der Waals surface area contributed by atoms with Crippen molar-refractivity contribution in [3.05, 3.63) is 29.8 Å². The van der Waals surface area contributed by atoms with Crippen LogP contribution in [0.1, 0.15) is 45.1 Å². The highest BCUT2D eigenvalue weighted by Gasteiger charge is 2.26. The first kappa shape index (κ1) is 19.3. The first-order valence-electron chi connectivity index (χ1n) is 9.41. The number of amides is 2. The van der Waals surface area contributed by atoms with Crippen LogP contribution in [-0.2, 0) is 16.0 Å². The highest BCUT2D eigenvalue weighted by atomic mass is 16.5. The normalized spacial score (nSPS) is 15.0. The van der Waals surface area contributed by atoms with Gasteiger partial charge < -0.3 is 15.0 Å². The molecule has 1 fully saturated rings. The number of likely N-dealkylation sites (tertiary alicyclic amines) is 1. The molecule has 1 aromatic carbocycles. The fraction of sp³-hybridized carbons (Fsp3) is 0.600. The van der Waals surface area contributed by atoms with Crippen molar-refractivity contribution in [2.75, 3.05) is 26.2 Å². The number of carbonyl (C=O) groups is 2. The van der Waals surface area contributed by atoms with E-state index >= 15 is 0 Å². The smallest absolute Gasteiger partial charge is 0.223 e. The summed E-state index contributed by atoms with van der Waals surface area (Å²) in [6.07, 6.45) is 3.96. The molecule has 1 saturated heterocycles. The minimum atomic E-state index is 0.0476. The SMILES string of the molecule is CCOc1ccc(CCCNC(=O)C2CCN(C(=O)CC)CC2)cc1. The predicted molar refractivity (Wildman–Crippen MR) is 98.5 cm³/mol. The van der Waals surface area contributed by atoms with Crippen molar-refractivity contribution in [3.63, 3.8) is 0 Å². The molecule has 1 aliphatic heterocycles. The summed E-state index contributed by atoms with van der Waals surface area (Å²) in [4.78, 5) is 25.8. The largest absolute Gasteiger partial charge is 0.494 e. The zero-order valence-electron chi connectivity index (χ0n) is 15.4. The Labute approximate surface area is 150 Å². The van der Waals surface area contributed by atoms with E-state index in [2.05, 4.69) is 17.4 Å². The third kappa shape index (κ3) is 6.07. The third-order valence-electron chi connectivity index (χ3n) is 4.70. The molecule has 1 heterocycles. The maximum Gasteiger partial charge on any atom is 0.223 e. The van der Waals surface area contributed by atoms with E-state index < -0.39 is 0 Å². The Bertz CT molecular complexity index is 549.